The van der Waals surface area contributed by atoms with Crippen LogP contribution in [0.3, 0.4) is 0 Å². The van der Waals surface area contributed by atoms with Crippen molar-refractivity contribution in [2.45, 2.75) is 12.5 Å². The third-order valence-corrected chi connectivity index (χ3v) is 1.38. The number of rotatable bonds is 6. The summed E-state index contributed by atoms with van der Waals surface area (Å²) in [6.45, 7) is 3.58. The second-order valence-corrected chi connectivity index (χ2v) is 2.57. The fraction of sp³-hybridized carbons (Fsp3) is 0.500. The average Bonchev–Trinajstić information content (AvgIpc) is 2.14. The van der Waals surface area contributed by atoms with E-state index in [1.165, 1.54) is 0 Å². The summed E-state index contributed by atoms with van der Waals surface area (Å²) < 4.78 is 0. The van der Waals surface area contributed by atoms with Crippen molar-refractivity contribution in [1.82, 2.24) is 10.6 Å². The van der Waals surface area contributed by atoms with E-state index >= 15 is 0 Å². The molecule has 0 aliphatic rings. The number of carboxylic acids is 1. The van der Waals surface area contributed by atoms with Crippen LogP contribution in [0.15, 0.2) is 12.7 Å². The number of amides is 2. The third-order valence-electron chi connectivity index (χ3n) is 1.38. The van der Waals surface area contributed by atoms with Crippen molar-refractivity contribution in [2.75, 3.05) is 13.1 Å². The summed E-state index contributed by atoms with van der Waals surface area (Å²) in [4.78, 5) is 21.0. The number of carbonyl (C=O) groups is 2. The lowest BCUT2D eigenvalue weighted by molar-refractivity contribution is -0.146. The van der Waals surface area contributed by atoms with Crippen LogP contribution in [0.4, 0.5) is 4.79 Å². The first kappa shape index (κ1) is 12.4. The van der Waals surface area contributed by atoms with Crippen LogP contribution in [0.2, 0.25) is 0 Å². The van der Waals surface area contributed by atoms with E-state index in [9.17, 15) is 9.59 Å². The molecule has 4 N–H and O–H groups in total. The molecule has 0 rings (SSSR count). The largest absolute Gasteiger partial charge is 0.479 e. The molecule has 0 unspecified atom stereocenters. The van der Waals surface area contributed by atoms with Crippen LogP contribution < -0.4 is 10.6 Å². The van der Waals surface area contributed by atoms with Gasteiger partial charge in [0.1, 0.15) is 0 Å². The van der Waals surface area contributed by atoms with E-state index < -0.39 is 18.1 Å². The van der Waals surface area contributed by atoms with Gasteiger partial charge in [-0.25, -0.2) is 9.59 Å². The number of aliphatic carboxylic acids is 1. The van der Waals surface area contributed by atoms with E-state index in [0.717, 1.165) is 0 Å². The molecule has 0 aliphatic carbocycles. The number of carboxylic acid groups (broad SMARTS) is 1. The van der Waals surface area contributed by atoms with Crippen molar-refractivity contribution in [1.29, 1.82) is 0 Å². The smallest absolute Gasteiger partial charge is 0.334 e. The molecule has 0 heterocycles. The molecule has 0 aromatic carbocycles. The van der Waals surface area contributed by atoms with Gasteiger partial charge >= 0.3 is 12.0 Å². The first-order valence-corrected chi connectivity index (χ1v) is 4.11. The van der Waals surface area contributed by atoms with Gasteiger partial charge in [0.05, 0.1) is 6.54 Å². The van der Waals surface area contributed by atoms with Gasteiger partial charge in [-0.3, -0.25) is 0 Å². The van der Waals surface area contributed by atoms with Crippen LogP contribution in [0.1, 0.15) is 6.42 Å². The fourth-order valence-electron chi connectivity index (χ4n) is 0.627. The first-order chi connectivity index (χ1) is 6.57. The maximum atomic E-state index is 10.9. The van der Waals surface area contributed by atoms with Crippen molar-refractivity contribution in [3.05, 3.63) is 12.7 Å². The van der Waals surface area contributed by atoms with Crippen molar-refractivity contribution < 1.29 is 19.8 Å². The van der Waals surface area contributed by atoms with Crippen LogP contribution in [0, 0.1) is 0 Å². The number of aliphatic hydroxyl groups is 1. The highest BCUT2D eigenvalue weighted by atomic mass is 16.4. The highest BCUT2D eigenvalue weighted by molar-refractivity contribution is 5.76. The van der Waals surface area contributed by atoms with E-state index in [2.05, 4.69) is 17.2 Å². The van der Waals surface area contributed by atoms with Crippen LogP contribution in [-0.4, -0.2) is 41.4 Å². The van der Waals surface area contributed by atoms with Gasteiger partial charge in [0, 0.05) is 6.54 Å². The summed E-state index contributed by atoms with van der Waals surface area (Å²) in [5.74, 6) is -1.36. The summed E-state index contributed by atoms with van der Waals surface area (Å²) in [6.07, 6.45) is 0.710. The lowest BCUT2D eigenvalue weighted by atomic mass is 10.3. The zero-order valence-corrected chi connectivity index (χ0v) is 7.69. The Hall–Kier alpha value is -1.56. The Labute approximate surface area is 81.6 Å². The van der Waals surface area contributed by atoms with E-state index in [1.54, 1.807) is 6.08 Å². The minimum Gasteiger partial charge on any atom is -0.479 e. The highest BCUT2D eigenvalue weighted by Crippen LogP contribution is 1.80. The predicted molar refractivity (Wildman–Crippen MR) is 49.9 cm³/mol. The number of carbonyl (C=O) groups excluding carboxylic acids is 1. The lowest BCUT2D eigenvalue weighted by Gasteiger charge is -2.08. The minimum atomic E-state index is -1.57. The number of hydrogen-bond donors (Lipinski definition) is 4. The number of aliphatic hydroxyl groups excluding tert-OH is 1. The highest BCUT2D eigenvalue weighted by Gasteiger charge is 2.13. The monoisotopic (exact) mass is 202 g/mol. The molecular formula is C8H14N2O4. The van der Waals surface area contributed by atoms with E-state index in [1.807, 2.05) is 0 Å². The Morgan fingerprint density at radius 1 is 1.43 bits per heavy atom. The molecule has 2 amide bonds. The van der Waals surface area contributed by atoms with Crippen LogP contribution in [0.5, 0.6) is 0 Å². The van der Waals surface area contributed by atoms with Gasteiger partial charge < -0.3 is 20.8 Å². The summed E-state index contributed by atoms with van der Waals surface area (Å²) >= 11 is 0. The number of hydrogen-bond acceptors (Lipinski definition) is 3. The van der Waals surface area contributed by atoms with Gasteiger partial charge in [0.25, 0.3) is 0 Å². The van der Waals surface area contributed by atoms with Gasteiger partial charge in [0.15, 0.2) is 6.10 Å². The maximum absolute atomic E-state index is 10.9. The molecule has 6 heteroatoms. The topological polar surface area (TPSA) is 98.7 Å². The molecule has 0 bridgehead atoms. The zero-order valence-electron chi connectivity index (χ0n) is 7.69. The van der Waals surface area contributed by atoms with Crippen LogP contribution >= 0.6 is 0 Å². The Bertz CT molecular complexity index is 217. The normalized spacial score (nSPS) is 11.5. The minimum absolute atomic E-state index is 0.310. The number of urea groups is 1. The molecule has 0 saturated heterocycles. The second kappa shape index (κ2) is 6.90. The predicted octanol–water partition coefficient (Wildman–Crippen LogP) is -0.693. The molecule has 0 radical (unpaired) electrons. The fourth-order valence-corrected chi connectivity index (χ4v) is 0.627. The molecule has 80 valence electrons. The van der Waals surface area contributed by atoms with Gasteiger partial charge in [-0.05, 0) is 6.42 Å². The van der Waals surface area contributed by atoms with Gasteiger partial charge in [-0.1, -0.05) is 6.08 Å². The number of nitrogens with one attached hydrogen (secondary N) is 2. The van der Waals surface area contributed by atoms with Gasteiger partial charge in [-0.2, -0.15) is 0 Å². The van der Waals surface area contributed by atoms with Crippen molar-refractivity contribution >= 4 is 12.0 Å². The molecule has 14 heavy (non-hydrogen) atoms. The van der Waals surface area contributed by atoms with E-state index in [4.69, 9.17) is 10.2 Å². The summed E-state index contributed by atoms with van der Waals surface area (Å²) in [7, 11) is 0. The molecule has 0 aromatic rings. The lowest BCUT2D eigenvalue weighted by Crippen LogP contribution is -2.42. The molecule has 0 aliphatic heterocycles. The Balaban J connectivity index is 3.53. The van der Waals surface area contributed by atoms with Gasteiger partial charge in [-0.15, -0.1) is 6.58 Å². The molecule has 0 fully saturated rings. The molecule has 1 atom stereocenters. The zero-order chi connectivity index (χ0) is 11.0. The quantitative estimate of drug-likeness (QED) is 0.338. The van der Waals surface area contributed by atoms with E-state index in [-0.39, 0.29) is 6.54 Å². The van der Waals surface area contributed by atoms with Crippen molar-refractivity contribution in [3.63, 3.8) is 0 Å². The van der Waals surface area contributed by atoms with Gasteiger partial charge in [0.2, 0.25) is 0 Å². The Kier molecular flexibility index (Phi) is 6.13. The second-order valence-electron chi connectivity index (χ2n) is 2.57. The van der Waals surface area contributed by atoms with Crippen LogP contribution in [0.25, 0.3) is 0 Å². The standard InChI is InChI=1S/C8H14N2O4/c1-2-3-4-9-8(14)10-5-6(11)7(12)13/h2,6,11H,1,3-5H2,(H,12,13)(H2,9,10,14)/t6-/m0/s1. The summed E-state index contributed by atoms with van der Waals surface area (Å²) in [5, 5.41) is 21.7. The first-order valence-electron chi connectivity index (χ1n) is 4.11. The molecule has 0 spiro atoms. The van der Waals surface area contributed by atoms with E-state index in [0.29, 0.717) is 13.0 Å². The molecule has 0 aromatic heterocycles. The van der Waals surface area contributed by atoms with Crippen LogP contribution in [-0.2, 0) is 4.79 Å². The summed E-state index contributed by atoms with van der Waals surface area (Å²) in [6, 6.07) is -0.507. The summed E-state index contributed by atoms with van der Waals surface area (Å²) in [5.41, 5.74) is 0. The SMILES string of the molecule is C=CCCNC(=O)NC[C@H](O)C(=O)O. The Morgan fingerprint density at radius 3 is 2.57 bits per heavy atom. The van der Waals surface area contributed by atoms with Crippen molar-refractivity contribution in [3.8, 4) is 0 Å². The Morgan fingerprint density at radius 2 is 2.07 bits per heavy atom. The molecular weight excluding hydrogens is 188 g/mol. The van der Waals surface area contributed by atoms with Crippen molar-refractivity contribution in [2.24, 2.45) is 0 Å². The molecule has 0 saturated carbocycles. The maximum Gasteiger partial charge on any atom is 0.334 e. The third kappa shape index (κ3) is 6.01. The molecule has 6 nitrogen and oxygen atoms in total. The average molecular weight is 202 g/mol.